The quantitative estimate of drug-likeness (QED) is 0.0320. The van der Waals surface area contributed by atoms with Crippen LogP contribution in [0.25, 0.3) is 0 Å². The lowest BCUT2D eigenvalue weighted by molar-refractivity contribution is -0.143. The molecule has 0 spiro atoms. The van der Waals surface area contributed by atoms with Gasteiger partial charge in [0, 0.05) is 12.8 Å². The van der Waals surface area contributed by atoms with E-state index in [1.165, 1.54) is 405 Å². The van der Waals surface area contributed by atoms with Gasteiger partial charge >= 0.3 is 5.97 Å². The summed E-state index contributed by atoms with van der Waals surface area (Å²) in [7, 11) is 0. The van der Waals surface area contributed by atoms with Gasteiger partial charge in [-0.25, -0.2) is 0 Å². The van der Waals surface area contributed by atoms with E-state index in [0.717, 1.165) is 51.4 Å². The topological polar surface area (TPSA) is 95.9 Å². The Labute approximate surface area is 589 Å². The molecule has 0 saturated heterocycles. The zero-order chi connectivity index (χ0) is 67.7. The number of aliphatic hydroxyl groups excluding tert-OH is 2. The number of allylic oxidation sites excluding steroid dienone is 6. The van der Waals surface area contributed by atoms with E-state index in [9.17, 15) is 19.8 Å². The van der Waals surface area contributed by atoms with E-state index in [-0.39, 0.29) is 18.5 Å². The lowest BCUT2D eigenvalue weighted by Gasteiger charge is -2.22. The van der Waals surface area contributed by atoms with Crippen molar-refractivity contribution in [3.05, 3.63) is 36.5 Å². The zero-order valence-electron chi connectivity index (χ0n) is 64.0. The van der Waals surface area contributed by atoms with Gasteiger partial charge in [-0.2, -0.15) is 0 Å². The van der Waals surface area contributed by atoms with Crippen LogP contribution in [0, 0.1) is 0 Å². The number of nitrogens with one attached hydrogen (secondary N) is 1. The molecular formula is C88H169NO5. The molecule has 6 heteroatoms. The molecule has 2 atom stereocenters. The highest BCUT2D eigenvalue weighted by atomic mass is 16.5. The molecule has 0 radical (unpaired) electrons. The lowest BCUT2D eigenvalue weighted by atomic mass is 10.0. The second-order valence-electron chi connectivity index (χ2n) is 29.9. The SMILES string of the molecule is CCCCC/C=C\C/C=C\CCCCCCCCCCCC(=O)OCCCCCCCCCCCCCC/C=C\CCCCCCCCCCCCCCCCCCCC(=O)NC(CO)C(O)CCCCCCCCCCCCCCCCCCCCCCCCCCC. The van der Waals surface area contributed by atoms with Crippen LogP contribution in [0.5, 0.6) is 0 Å². The molecular weight excluding hydrogens is 1150 g/mol. The van der Waals surface area contributed by atoms with E-state index in [4.69, 9.17) is 4.74 Å². The first-order chi connectivity index (χ1) is 46.5. The van der Waals surface area contributed by atoms with Crippen molar-refractivity contribution in [2.24, 2.45) is 0 Å². The molecule has 3 N–H and O–H groups in total. The van der Waals surface area contributed by atoms with Crippen LogP contribution in [-0.2, 0) is 14.3 Å². The molecule has 0 aromatic carbocycles. The van der Waals surface area contributed by atoms with Gasteiger partial charge < -0.3 is 20.3 Å². The Morgan fingerprint density at radius 3 is 0.840 bits per heavy atom. The van der Waals surface area contributed by atoms with Crippen LogP contribution in [-0.4, -0.2) is 47.4 Å². The summed E-state index contributed by atoms with van der Waals surface area (Å²) in [6.07, 6.45) is 110. The van der Waals surface area contributed by atoms with Gasteiger partial charge in [0.05, 0.1) is 25.4 Å². The number of ether oxygens (including phenoxy) is 1. The van der Waals surface area contributed by atoms with Crippen LogP contribution in [0.3, 0.4) is 0 Å². The molecule has 94 heavy (non-hydrogen) atoms. The summed E-state index contributed by atoms with van der Waals surface area (Å²) in [4.78, 5) is 24.7. The van der Waals surface area contributed by atoms with Gasteiger partial charge in [0.25, 0.3) is 0 Å². The molecule has 0 saturated carbocycles. The molecule has 2 unspecified atom stereocenters. The van der Waals surface area contributed by atoms with Gasteiger partial charge in [-0.05, 0) is 83.5 Å². The number of carbonyl (C=O) groups excluding carboxylic acids is 2. The van der Waals surface area contributed by atoms with Gasteiger partial charge in [0.15, 0.2) is 0 Å². The molecule has 0 aliphatic carbocycles. The number of esters is 1. The number of unbranched alkanes of at least 4 members (excludes halogenated alkanes) is 65. The van der Waals surface area contributed by atoms with Crippen LogP contribution in [0.4, 0.5) is 0 Å². The average molecular weight is 1320 g/mol. The van der Waals surface area contributed by atoms with Gasteiger partial charge in [0.1, 0.15) is 0 Å². The fourth-order valence-corrected chi connectivity index (χ4v) is 13.8. The number of rotatable bonds is 82. The van der Waals surface area contributed by atoms with Gasteiger partial charge in [-0.3, -0.25) is 9.59 Å². The molecule has 0 fully saturated rings. The standard InChI is InChI=1S/C88H169NO5/c1-3-5-7-9-11-13-15-17-19-21-23-24-25-35-38-41-45-48-52-56-60-64-68-72-76-80-86(91)85(84-90)89-87(92)81-77-73-69-65-61-57-53-49-46-42-39-36-33-31-29-27-26-28-30-32-34-37-40-43-47-51-55-59-63-67-71-75-79-83-94-88(93)82-78-74-70-66-62-58-54-50-44-22-20-18-16-14-12-10-8-6-4-2/h12,14,18,20,30,32,85-86,90-91H,3-11,13,15-17,19,21-29,31,33-84H2,1-2H3,(H,89,92)/b14-12-,20-18-,32-30-. The van der Waals surface area contributed by atoms with Gasteiger partial charge in [-0.15, -0.1) is 0 Å². The van der Waals surface area contributed by atoms with Crippen LogP contribution in [0.2, 0.25) is 0 Å². The monoisotopic (exact) mass is 1320 g/mol. The molecule has 1 amide bonds. The fourth-order valence-electron chi connectivity index (χ4n) is 13.8. The third-order valence-electron chi connectivity index (χ3n) is 20.4. The Balaban J connectivity index is 3.35. The van der Waals surface area contributed by atoms with E-state index in [1.807, 2.05) is 0 Å². The number of carbonyl (C=O) groups is 2. The van der Waals surface area contributed by atoms with Crippen molar-refractivity contribution < 1.29 is 24.5 Å². The Hall–Kier alpha value is -1.92. The molecule has 556 valence electrons. The minimum Gasteiger partial charge on any atom is -0.466 e. The Morgan fingerprint density at radius 2 is 0.532 bits per heavy atom. The molecule has 0 rings (SSSR count). The van der Waals surface area contributed by atoms with Crippen molar-refractivity contribution in [3.8, 4) is 0 Å². The van der Waals surface area contributed by atoms with Crippen molar-refractivity contribution in [2.45, 2.75) is 501 Å². The Kier molecular flexibility index (Phi) is 81.8. The first-order valence-corrected chi connectivity index (χ1v) is 43.2. The first-order valence-electron chi connectivity index (χ1n) is 43.2. The van der Waals surface area contributed by atoms with Crippen LogP contribution < -0.4 is 5.32 Å². The molecule has 0 bridgehead atoms. The molecule has 0 aliphatic rings. The molecule has 0 aromatic rings. The second-order valence-corrected chi connectivity index (χ2v) is 29.9. The van der Waals surface area contributed by atoms with E-state index in [1.54, 1.807) is 0 Å². The summed E-state index contributed by atoms with van der Waals surface area (Å²) in [5, 5.41) is 23.5. The maximum absolute atomic E-state index is 12.6. The second kappa shape index (κ2) is 83.5. The smallest absolute Gasteiger partial charge is 0.305 e. The van der Waals surface area contributed by atoms with Crippen molar-refractivity contribution in [1.82, 2.24) is 5.32 Å². The zero-order valence-corrected chi connectivity index (χ0v) is 64.0. The highest BCUT2D eigenvalue weighted by Crippen LogP contribution is 2.21. The first kappa shape index (κ1) is 92.1. The Morgan fingerprint density at radius 1 is 0.298 bits per heavy atom. The van der Waals surface area contributed by atoms with Gasteiger partial charge in [0.2, 0.25) is 5.91 Å². The minimum atomic E-state index is -0.664. The van der Waals surface area contributed by atoms with Gasteiger partial charge in [-0.1, -0.05) is 429 Å². The Bertz CT molecular complexity index is 1520. The minimum absolute atomic E-state index is 0.0160. The van der Waals surface area contributed by atoms with Crippen LogP contribution in [0.1, 0.15) is 489 Å². The highest BCUT2D eigenvalue weighted by Gasteiger charge is 2.20. The van der Waals surface area contributed by atoms with E-state index in [0.29, 0.717) is 25.9 Å². The maximum atomic E-state index is 12.6. The predicted octanol–water partition coefficient (Wildman–Crippen LogP) is 28.9. The van der Waals surface area contributed by atoms with Crippen molar-refractivity contribution in [1.29, 1.82) is 0 Å². The summed E-state index contributed by atoms with van der Waals surface area (Å²) in [5.74, 6) is -0.00978. The largest absolute Gasteiger partial charge is 0.466 e. The molecule has 0 heterocycles. The summed E-state index contributed by atoms with van der Waals surface area (Å²) in [5.41, 5.74) is 0. The van der Waals surface area contributed by atoms with E-state index >= 15 is 0 Å². The predicted molar refractivity (Wildman–Crippen MR) is 416 cm³/mol. The van der Waals surface area contributed by atoms with E-state index in [2.05, 4.69) is 55.6 Å². The third kappa shape index (κ3) is 79.1. The number of hydrogen-bond donors (Lipinski definition) is 3. The summed E-state index contributed by atoms with van der Waals surface area (Å²) in [6.45, 7) is 4.98. The van der Waals surface area contributed by atoms with Crippen LogP contribution >= 0.6 is 0 Å². The number of hydrogen-bond acceptors (Lipinski definition) is 5. The summed E-state index contributed by atoms with van der Waals surface area (Å²) in [6, 6.07) is -0.541. The normalized spacial score (nSPS) is 12.6. The third-order valence-corrected chi connectivity index (χ3v) is 20.4. The van der Waals surface area contributed by atoms with Crippen LogP contribution in [0.15, 0.2) is 36.5 Å². The maximum Gasteiger partial charge on any atom is 0.305 e. The van der Waals surface area contributed by atoms with E-state index < -0.39 is 12.1 Å². The summed E-state index contributed by atoms with van der Waals surface area (Å²) >= 11 is 0. The van der Waals surface area contributed by atoms with Crippen molar-refractivity contribution in [2.75, 3.05) is 13.2 Å². The van der Waals surface area contributed by atoms with Crippen molar-refractivity contribution in [3.63, 3.8) is 0 Å². The van der Waals surface area contributed by atoms with Crippen molar-refractivity contribution >= 4 is 11.9 Å². The number of aliphatic hydroxyl groups is 2. The fraction of sp³-hybridized carbons (Fsp3) is 0.909. The molecule has 6 nitrogen and oxygen atoms in total. The highest BCUT2D eigenvalue weighted by molar-refractivity contribution is 5.76. The lowest BCUT2D eigenvalue weighted by Crippen LogP contribution is -2.45. The number of amides is 1. The molecule has 0 aromatic heterocycles. The molecule has 0 aliphatic heterocycles. The average Bonchev–Trinajstić information content (AvgIpc) is 3.70. The summed E-state index contributed by atoms with van der Waals surface area (Å²) < 4.78 is 5.52.